The average molecular weight is 502 g/mol. The Hall–Kier alpha value is -3.14. The van der Waals surface area contributed by atoms with Gasteiger partial charge >= 0.3 is 0 Å². The first-order chi connectivity index (χ1) is 16.7. The minimum atomic E-state index is -1.70. The number of carbonyl (C=O) groups excluding carboxylic acids is 1. The first-order valence-corrected chi connectivity index (χ1v) is 11.6. The molecule has 10 heteroatoms. The molecule has 0 spiro atoms. The zero-order valence-electron chi connectivity index (χ0n) is 19.2. The number of amides is 1. The van der Waals surface area contributed by atoms with Crippen molar-refractivity contribution >= 4 is 23.2 Å². The summed E-state index contributed by atoms with van der Waals surface area (Å²) in [5.74, 6) is -1.76. The molecule has 0 bridgehead atoms. The van der Waals surface area contributed by atoms with Gasteiger partial charge in [0.25, 0.3) is 0 Å². The molecule has 2 aromatic carbocycles. The van der Waals surface area contributed by atoms with Crippen LogP contribution in [-0.2, 0) is 16.9 Å². The van der Waals surface area contributed by atoms with Crippen molar-refractivity contribution in [2.45, 2.75) is 38.0 Å². The number of aromatic nitrogens is 3. The van der Waals surface area contributed by atoms with Crippen molar-refractivity contribution in [1.29, 1.82) is 0 Å². The van der Waals surface area contributed by atoms with Gasteiger partial charge < -0.3 is 10.4 Å². The molecule has 4 rings (SSSR count). The van der Waals surface area contributed by atoms with E-state index < -0.39 is 23.3 Å². The van der Waals surface area contributed by atoms with Gasteiger partial charge in [0.1, 0.15) is 29.9 Å². The van der Waals surface area contributed by atoms with Gasteiger partial charge in [-0.1, -0.05) is 23.2 Å². The lowest BCUT2D eigenvalue weighted by atomic mass is 9.84. The third-order valence-corrected chi connectivity index (χ3v) is 6.65. The van der Waals surface area contributed by atoms with Gasteiger partial charge in [-0.25, -0.2) is 18.4 Å². The number of anilines is 1. The first-order valence-electron chi connectivity index (χ1n) is 11.2. The van der Waals surface area contributed by atoms with Crippen LogP contribution in [0.5, 0.6) is 0 Å². The summed E-state index contributed by atoms with van der Waals surface area (Å²) in [6, 6.07) is 9.51. The Balaban J connectivity index is 1.47. The SMILES string of the molecule is C[C@@H](N1CCC(=CC(=O)Nc2ccc(Cl)cc2)CC1)[C@](O)(Cn1cncn1)c1ccc(F)cc1F. The molecular weight excluding hydrogens is 476 g/mol. The Morgan fingerprint density at radius 2 is 1.94 bits per heavy atom. The number of benzene rings is 2. The quantitative estimate of drug-likeness (QED) is 0.475. The molecule has 35 heavy (non-hydrogen) atoms. The van der Waals surface area contributed by atoms with Gasteiger partial charge in [-0.2, -0.15) is 5.10 Å². The zero-order valence-corrected chi connectivity index (χ0v) is 19.9. The summed E-state index contributed by atoms with van der Waals surface area (Å²) in [5, 5.41) is 19.2. The molecule has 1 amide bonds. The molecule has 1 aliphatic heterocycles. The second-order valence-electron chi connectivity index (χ2n) is 8.65. The summed E-state index contributed by atoms with van der Waals surface area (Å²) in [6.07, 6.45) is 5.60. The highest BCUT2D eigenvalue weighted by atomic mass is 35.5. The van der Waals surface area contributed by atoms with E-state index in [0.717, 1.165) is 17.7 Å². The van der Waals surface area contributed by atoms with Crippen LogP contribution in [-0.4, -0.2) is 49.8 Å². The van der Waals surface area contributed by atoms with Crippen LogP contribution >= 0.6 is 11.6 Å². The van der Waals surface area contributed by atoms with Gasteiger partial charge in [0.2, 0.25) is 5.91 Å². The van der Waals surface area contributed by atoms with Crippen molar-refractivity contribution in [3.05, 3.63) is 89.0 Å². The maximum atomic E-state index is 14.8. The summed E-state index contributed by atoms with van der Waals surface area (Å²) < 4.78 is 29.8. The Morgan fingerprint density at radius 3 is 2.57 bits per heavy atom. The summed E-state index contributed by atoms with van der Waals surface area (Å²) >= 11 is 5.88. The Kier molecular flexibility index (Phi) is 7.59. The molecule has 0 unspecified atom stereocenters. The van der Waals surface area contributed by atoms with Crippen LogP contribution in [0.1, 0.15) is 25.3 Å². The predicted molar refractivity (Wildman–Crippen MR) is 129 cm³/mol. The highest BCUT2D eigenvalue weighted by molar-refractivity contribution is 6.30. The molecule has 1 aliphatic rings. The monoisotopic (exact) mass is 501 g/mol. The molecule has 3 aromatic rings. The lowest BCUT2D eigenvalue weighted by molar-refractivity contribution is -0.112. The summed E-state index contributed by atoms with van der Waals surface area (Å²) in [5.41, 5.74) is -0.0707. The fourth-order valence-electron chi connectivity index (χ4n) is 4.39. The van der Waals surface area contributed by atoms with Crippen LogP contribution in [0.15, 0.2) is 66.8 Å². The number of piperidine rings is 1. The standard InChI is InChI=1S/C25H26ClF2N5O2/c1-17(25(35,14-33-16-29-15-30-33)22-7-4-20(27)13-23(22)28)32-10-8-18(9-11-32)12-24(34)31-21-5-2-19(26)3-6-21/h2-7,12-13,15-17,35H,8-11,14H2,1H3,(H,31,34)/t17-,25-/m1/s1. The predicted octanol–water partition coefficient (Wildman–Crippen LogP) is 4.15. The molecule has 0 saturated carbocycles. The number of hydrogen-bond acceptors (Lipinski definition) is 5. The lowest BCUT2D eigenvalue weighted by Gasteiger charge is -2.43. The van der Waals surface area contributed by atoms with E-state index in [1.807, 2.05) is 11.8 Å². The molecule has 2 heterocycles. The van der Waals surface area contributed by atoms with E-state index in [1.54, 1.807) is 30.3 Å². The largest absolute Gasteiger partial charge is 0.381 e. The molecule has 184 valence electrons. The van der Waals surface area contributed by atoms with Gasteiger partial charge in [0, 0.05) is 47.5 Å². The average Bonchev–Trinajstić information content (AvgIpc) is 3.33. The topological polar surface area (TPSA) is 83.3 Å². The maximum absolute atomic E-state index is 14.8. The smallest absolute Gasteiger partial charge is 0.248 e. The molecule has 7 nitrogen and oxygen atoms in total. The zero-order chi connectivity index (χ0) is 25.0. The summed E-state index contributed by atoms with van der Waals surface area (Å²) in [7, 11) is 0. The second-order valence-corrected chi connectivity index (χ2v) is 9.09. The van der Waals surface area contributed by atoms with Crippen LogP contribution < -0.4 is 5.32 Å². The second kappa shape index (κ2) is 10.6. The van der Waals surface area contributed by atoms with Gasteiger partial charge in [-0.3, -0.25) is 9.69 Å². The number of rotatable bonds is 7. The van der Waals surface area contributed by atoms with E-state index in [1.165, 1.54) is 23.4 Å². The van der Waals surface area contributed by atoms with Crippen molar-refractivity contribution in [3.8, 4) is 0 Å². The third kappa shape index (κ3) is 5.93. The van der Waals surface area contributed by atoms with E-state index in [9.17, 15) is 18.7 Å². The van der Waals surface area contributed by atoms with Gasteiger partial charge in [0.15, 0.2) is 0 Å². The minimum Gasteiger partial charge on any atom is -0.381 e. The van der Waals surface area contributed by atoms with Crippen LogP contribution in [0.4, 0.5) is 14.5 Å². The molecule has 1 fully saturated rings. The van der Waals surface area contributed by atoms with Crippen LogP contribution in [0.25, 0.3) is 0 Å². The molecule has 1 aromatic heterocycles. The van der Waals surface area contributed by atoms with Crippen molar-refractivity contribution in [2.75, 3.05) is 18.4 Å². The number of nitrogens with one attached hydrogen (secondary N) is 1. The number of halogens is 3. The fraction of sp³-hybridized carbons (Fsp3) is 0.320. The first kappa shape index (κ1) is 25.0. The normalized spacial score (nSPS) is 17.0. The van der Waals surface area contributed by atoms with Crippen LogP contribution in [0.2, 0.25) is 5.02 Å². The Labute approximate surface area is 207 Å². The van der Waals surface area contributed by atoms with E-state index in [2.05, 4.69) is 15.4 Å². The minimum absolute atomic E-state index is 0.00872. The molecular formula is C25H26ClF2N5O2. The van der Waals surface area contributed by atoms with Crippen molar-refractivity contribution < 1.29 is 18.7 Å². The fourth-order valence-corrected chi connectivity index (χ4v) is 4.51. The van der Waals surface area contributed by atoms with E-state index in [0.29, 0.717) is 36.6 Å². The van der Waals surface area contributed by atoms with E-state index >= 15 is 0 Å². The molecule has 0 radical (unpaired) electrons. The number of aliphatic hydroxyl groups is 1. The van der Waals surface area contributed by atoms with Gasteiger partial charge in [-0.05, 0) is 50.1 Å². The molecule has 2 N–H and O–H groups in total. The number of likely N-dealkylation sites (tertiary alicyclic amines) is 1. The van der Waals surface area contributed by atoms with E-state index in [-0.39, 0.29) is 18.0 Å². The molecule has 1 saturated heterocycles. The highest BCUT2D eigenvalue weighted by Gasteiger charge is 2.42. The Bertz CT molecular complexity index is 1190. The third-order valence-electron chi connectivity index (χ3n) is 6.39. The number of hydrogen-bond donors (Lipinski definition) is 2. The maximum Gasteiger partial charge on any atom is 0.248 e. The summed E-state index contributed by atoms with van der Waals surface area (Å²) in [4.78, 5) is 18.3. The van der Waals surface area contributed by atoms with Crippen molar-refractivity contribution in [3.63, 3.8) is 0 Å². The summed E-state index contributed by atoms with van der Waals surface area (Å²) in [6.45, 7) is 2.87. The number of carbonyl (C=O) groups is 1. The van der Waals surface area contributed by atoms with Crippen molar-refractivity contribution in [2.24, 2.45) is 0 Å². The number of nitrogens with zero attached hydrogens (tertiary/aromatic N) is 4. The lowest BCUT2D eigenvalue weighted by Crippen LogP contribution is -2.53. The molecule has 2 atom stereocenters. The van der Waals surface area contributed by atoms with Crippen molar-refractivity contribution in [1.82, 2.24) is 19.7 Å². The van der Waals surface area contributed by atoms with Crippen LogP contribution in [0, 0.1) is 11.6 Å². The van der Waals surface area contributed by atoms with Gasteiger partial charge in [0.05, 0.1) is 6.54 Å². The van der Waals surface area contributed by atoms with E-state index in [4.69, 9.17) is 11.6 Å². The van der Waals surface area contributed by atoms with Gasteiger partial charge in [-0.15, -0.1) is 0 Å². The van der Waals surface area contributed by atoms with Crippen LogP contribution in [0.3, 0.4) is 0 Å². The molecule has 0 aliphatic carbocycles. The highest BCUT2D eigenvalue weighted by Crippen LogP contribution is 2.34. The Morgan fingerprint density at radius 1 is 1.23 bits per heavy atom.